The molecule has 5 N–H and O–H groups in total. The van der Waals surface area contributed by atoms with Crippen LogP contribution in [0.25, 0.3) is 0 Å². The minimum Gasteiger partial charge on any atom is -0.497 e. The Bertz CT molecular complexity index is 358. The van der Waals surface area contributed by atoms with Gasteiger partial charge in [-0.3, -0.25) is 0 Å². The topological polar surface area (TPSA) is 87.7 Å². The fraction of sp³-hybridized carbons (Fsp3) is 0.500. The lowest BCUT2D eigenvalue weighted by Crippen LogP contribution is -2.23. The van der Waals surface area contributed by atoms with Crippen LogP contribution in [0.2, 0.25) is 0 Å². The van der Waals surface area contributed by atoms with Gasteiger partial charge in [0.2, 0.25) is 0 Å². The molecular weight excluding hydrogens is 220 g/mol. The van der Waals surface area contributed by atoms with Gasteiger partial charge < -0.3 is 26.0 Å². The summed E-state index contributed by atoms with van der Waals surface area (Å²) >= 11 is 0. The van der Waals surface area contributed by atoms with E-state index in [-0.39, 0.29) is 0 Å². The molecule has 0 aliphatic carbocycles. The Hall–Kier alpha value is -1.30. The summed E-state index contributed by atoms with van der Waals surface area (Å²) in [6, 6.07) is 5.00. The van der Waals surface area contributed by atoms with Crippen LogP contribution in [-0.2, 0) is 0 Å². The Balaban J connectivity index is 2.77. The van der Waals surface area contributed by atoms with E-state index in [0.717, 1.165) is 0 Å². The van der Waals surface area contributed by atoms with Gasteiger partial charge in [-0.05, 0) is 26.1 Å². The van der Waals surface area contributed by atoms with E-state index < -0.39 is 12.2 Å². The zero-order chi connectivity index (χ0) is 12.8. The summed E-state index contributed by atoms with van der Waals surface area (Å²) in [5.41, 5.74) is 6.74. The lowest BCUT2D eigenvalue weighted by molar-refractivity contribution is 0.0144. The summed E-state index contributed by atoms with van der Waals surface area (Å²) in [4.78, 5) is 0. The second-order valence-corrected chi connectivity index (χ2v) is 3.90. The van der Waals surface area contributed by atoms with Gasteiger partial charge in [-0.1, -0.05) is 6.07 Å². The maximum absolute atomic E-state index is 9.96. The van der Waals surface area contributed by atoms with Crippen molar-refractivity contribution in [3.05, 3.63) is 23.8 Å². The summed E-state index contributed by atoms with van der Waals surface area (Å²) in [5.74, 6) is 0.628. The highest BCUT2D eigenvalue weighted by Gasteiger charge is 2.20. The van der Waals surface area contributed by atoms with Crippen molar-refractivity contribution in [2.45, 2.75) is 18.6 Å². The lowest BCUT2D eigenvalue weighted by atomic mass is 10.0. The number of anilines is 1. The van der Waals surface area contributed by atoms with Gasteiger partial charge in [0, 0.05) is 17.3 Å². The molecule has 0 heterocycles. The van der Waals surface area contributed by atoms with Crippen molar-refractivity contribution < 1.29 is 14.9 Å². The molecule has 5 nitrogen and oxygen atoms in total. The van der Waals surface area contributed by atoms with Crippen LogP contribution in [0.4, 0.5) is 5.69 Å². The second-order valence-electron chi connectivity index (χ2n) is 3.90. The van der Waals surface area contributed by atoms with Crippen LogP contribution in [-0.4, -0.2) is 37.0 Å². The van der Waals surface area contributed by atoms with E-state index in [1.807, 2.05) is 0 Å². The molecule has 1 rings (SSSR count). The maximum atomic E-state index is 9.96. The molecule has 1 aromatic rings. The number of ether oxygens (including phenoxy) is 1. The summed E-state index contributed by atoms with van der Waals surface area (Å²) in [5, 5.41) is 22.7. The van der Waals surface area contributed by atoms with Crippen LogP contribution in [0.5, 0.6) is 5.75 Å². The maximum Gasteiger partial charge on any atom is 0.120 e. The van der Waals surface area contributed by atoms with Crippen LogP contribution < -0.4 is 15.8 Å². The van der Waals surface area contributed by atoms with Gasteiger partial charge in [0.25, 0.3) is 0 Å². The van der Waals surface area contributed by atoms with Gasteiger partial charge in [0.15, 0.2) is 0 Å². The van der Waals surface area contributed by atoms with E-state index in [2.05, 4.69) is 5.32 Å². The number of aliphatic hydroxyl groups excluding tert-OH is 2. The molecule has 2 unspecified atom stereocenters. The minimum atomic E-state index is -0.978. The highest BCUT2D eigenvalue weighted by molar-refractivity contribution is 5.52. The smallest absolute Gasteiger partial charge is 0.120 e. The summed E-state index contributed by atoms with van der Waals surface area (Å²) in [6.45, 7) is 0.633. The van der Waals surface area contributed by atoms with Crippen LogP contribution in [0.15, 0.2) is 18.2 Å². The Labute approximate surface area is 101 Å². The zero-order valence-electron chi connectivity index (χ0n) is 10.2. The van der Waals surface area contributed by atoms with Crippen molar-refractivity contribution in [1.82, 2.24) is 5.32 Å². The number of nitrogen functional groups attached to an aromatic ring is 1. The number of nitrogens with two attached hydrogens (primary N) is 1. The van der Waals surface area contributed by atoms with Gasteiger partial charge in [-0.2, -0.15) is 0 Å². The van der Waals surface area contributed by atoms with Gasteiger partial charge >= 0.3 is 0 Å². The van der Waals surface area contributed by atoms with Crippen molar-refractivity contribution in [3.8, 4) is 5.75 Å². The van der Waals surface area contributed by atoms with Crippen molar-refractivity contribution in [2.75, 3.05) is 26.4 Å². The number of hydrogen-bond acceptors (Lipinski definition) is 5. The number of nitrogens with one attached hydrogen (secondary N) is 1. The van der Waals surface area contributed by atoms with Gasteiger partial charge in [-0.25, -0.2) is 0 Å². The number of aliphatic hydroxyl groups is 2. The molecule has 0 aliphatic heterocycles. The predicted octanol–water partition coefficient (Wildman–Crippen LogP) is 0.281. The molecule has 0 amide bonds. The molecule has 0 bridgehead atoms. The minimum absolute atomic E-state index is 0.417. The van der Waals surface area contributed by atoms with Gasteiger partial charge in [0.05, 0.1) is 13.2 Å². The van der Waals surface area contributed by atoms with Gasteiger partial charge in [-0.15, -0.1) is 0 Å². The van der Waals surface area contributed by atoms with Crippen molar-refractivity contribution in [2.24, 2.45) is 0 Å². The van der Waals surface area contributed by atoms with E-state index in [0.29, 0.717) is 30.0 Å². The number of benzene rings is 1. The normalized spacial score (nSPS) is 14.4. The van der Waals surface area contributed by atoms with E-state index in [1.165, 1.54) is 0 Å². The summed E-state index contributed by atoms with van der Waals surface area (Å²) in [6.07, 6.45) is -1.35. The van der Waals surface area contributed by atoms with E-state index in [9.17, 15) is 10.2 Å². The molecule has 5 heteroatoms. The Morgan fingerprint density at radius 1 is 1.41 bits per heavy atom. The van der Waals surface area contributed by atoms with Gasteiger partial charge in [0.1, 0.15) is 11.9 Å². The first-order chi connectivity index (χ1) is 8.10. The number of hydrogen-bond donors (Lipinski definition) is 4. The fourth-order valence-electron chi connectivity index (χ4n) is 1.61. The zero-order valence-corrected chi connectivity index (χ0v) is 10.2. The monoisotopic (exact) mass is 240 g/mol. The number of rotatable bonds is 6. The molecule has 0 aliphatic rings. The molecule has 0 saturated heterocycles. The predicted molar refractivity (Wildman–Crippen MR) is 66.9 cm³/mol. The highest BCUT2D eigenvalue weighted by Crippen LogP contribution is 2.27. The Morgan fingerprint density at radius 2 is 2.12 bits per heavy atom. The third-order valence-corrected chi connectivity index (χ3v) is 2.67. The van der Waals surface area contributed by atoms with E-state index >= 15 is 0 Å². The summed E-state index contributed by atoms with van der Waals surface area (Å²) in [7, 11) is 3.34. The fourth-order valence-corrected chi connectivity index (χ4v) is 1.61. The average Bonchev–Trinajstić information content (AvgIpc) is 2.34. The molecule has 0 saturated carbocycles. The second kappa shape index (κ2) is 6.44. The first kappa shape index (κ1) is 13.8. The molecular formula is C12H20N2O3. The van der Waals surface area contributed by atoms with Crippen molar-refractivity contribution in [1.29, 1.82) is 0 Å². The largest absolute Gasteiger partial charge is 0.497 e. The summed E-state index contributed by atoms with van der Waals surface area (Å²) < 4.78 is 5.02. The van der Waals surface area contributed by atoms with Crippen molar-refractivity contribution in [3.63, 3.8) is 0 Å². The van der Waals surface area contributed by atoms with Crippen LogP contribution >= 0.6 is 0 Å². The van der Waals surface area contributed by atoms with Crippen LogP contribution in [0.3, 0.4) is 0 Å². The standard InChI is InChI=1S/C12H20N2O3/c1-14-6-5-11(15)12(16)9-4-3-8(17-2)7-10(9)13/h3-4,7,11-12,14-16H,5-6,13H2,1-2H3. The molecule has 0 aromatic heterocycles. The average molecular weight is 240 g/mol. The Morgan fingerprint density at radius 3 is 2.65 bits per heavy atom. The molecule has 96 valence electrons. The molecule has 17 heavy (non-hydrogen) atoms. The first-order valence-electron chi connectivity index (χ1n) is 5.54. The third-order valence-electron chi connectivity index (χ3n) is 2.67. The van der Waals surface area contributed by atoms with Crippen LogP contribution in [0, 0.1) is 0 Å². The lowest BCUT2D eigenvalue weighted by Gasteiger charge is -2.19. The van der Waals surface area contributed by atoms with Crippen LogP contribution in [0.1, 0.15) is 18.1 Å². The quantitative estimate of drug-likeness (QED) is 0.536. The molecule has 0 spiro atoms. The Kier molecular flexibility index (Phi) is 5.21. The van der Waals surface area contributed by atoms with E-state index in [4.69, 9.17) is 10.5 Å². The number of methoxy groups -OCH3 is 1. The SMILES string of the molecule is CNCCC(O)C(O)c1ccc(OC)cc1N. The third kappa shape index (κ3) is 3.59. The first-order valence-corrected chi connectivity index (χ1v) is 5.54. The molecule has 1 aromatic carbocycles. The molecule has 0 fully saturated rings. The van der Waals surface area contributed by atoms with Crippen molar-refractivity contribution >= 4 is 5.69 Å². The molecule has 0 radical (unpaired) electrons. The highest BCUT2D eigenvalue weighted by atomic mass is 16.5. The van der Waals surface area contributed by atoms with E-state index in [1.54, 1.807) is 32.4 Å². The molecule has 2 atom stereocenters.